The van der Waals surface area contributed by atoms with Crippen molar-refractivity contribution in [3.05, 3.63) is 144 Å². The minimum absolute atomic E-state index is 0.0122. The number of rotatable bonds is 20. The van der Waals surface area contributed by atoms with Crippen molar-refractivity contribution in [1.29, 1.82) is 0 Å². The predicted octanol–water partition coefficient (Wildman–Crippen LogP) is 4.22. The molecule has 2 fully saturated rings. The van der Waals surface area contributed by atoms with Gasteiger partial charge in [-0.3, -0.25) is 14.1 Å². The normalized spacial score (nSPS) is 26.0. The maximum atomic E-state index is 13.7. The van der Waals surface area contributed by atoms with Gasteiger partial charge < -0.3 is 47.9 Å². The van der Waals surface area contributed by atoms with Crippen LogP contribution in [0.5, 0.6) is 0 Å². The van der Waals surface area contributed by atoms with Crippen molar-refractivity contribution in [3.8, 4) is 0 Å². The molecule has 0 radical (unpaired) electrons. The molecule has 0 unspecified atom stereocenters. The zero-order valence-corrected chi connectivity index (χ0v) is 35.7. The first-order valence-corrected chi connectivity index (χ1v) is 21.5. The third-order valence-corrected chi connectivity index (χ3v) is 10.5. The number of esters is 2. The van der Waals surface area contributed by atoms with Crippen LogP contribution >= 0.6 is 0 Å². The van der Waals surface area contributed by atoms with Gasteiger partial charge in [0.15, 0.2) is 24.8 Å². The Balaban J connectivity index is 1.44. The average Bonchev–Trinajstić information content (AvgIpc) is 3.28. The van der Waals surface area contributed by atoms with Gasteiger partial charge in [0.2, 0.25) is 5.91 Å². The SMILES string of the molecule is COC(=O)[C@H]1O[C@@H](O[C@@H]2[C@@H](NC(C)=O)[C@H](OCc3ccccc3)O[C@H](COS(=O)(=O)O)[C@H]2OCc2ccccc2)[C@H](OC(C)=O)[C@@H](OCc2ccccc2)[C@@H]1OCc1ccccc1. The Bertz CT molecular complexity index is 2150. The summed E-state index contributed by atoms with van der Waals surface area (Å²) in [7, 11) is -3.86. The van der Waals surface area contributed by atoms with Gasteiger partial charge in [0.05, 0.1) is 40.1 Å². The van der Waals surface area contributed by atoms with E-state index in [0.717, 1.165) is 16.7 Å². The van der Waals surface area contributed by atoms with E-state index >= 15 is 0 Å². The lowest BCUT2D eigenvalue weighted by atomic mass is 9.94. The van der Waals surface area contributed by atoms with Gasteiger partial charge in [0.1, 0.15) is 36.6 Å². The molecule has 0 saturated carbocycles. The lowest BCUT2D eigenvalue weighted by Crippen LogP contribution is -2.69. The first-order chi connectivity index (χ1) is 30.4. The minimum atomic E-state index is -5.03. The van der Waals surface area contributed by atoms with E-state index in [9.17, 15) is 27.4 Å². The molecule has 10 atom stereocenters. The summed E-state index contributed by atoms with van der Waals surface area (Å²) in [6.07, 6.45) is -12.8. The number of ether oxygens (including phenoxy) is 9. The molecule has 338 valence electrons. The quantitative estimate of drug-likeness (QED) is 0.0940. The highest BCUT2D eigenvalue weighted by Crippen LogP contribution is 2.36. The van der Waals surface area contributed by atoms with E-state index in [0.29, 0.717) is 5.56 Å². The molecule has 2 N–H and O–H groups in total. The smallest absolute Gasteiger partial charge is 0.397 e. The second-order valence-corrected chi connectivity index (χ2v) is 15.8. The summed E-state index contributed by atoms with van der Waals surface area (Å²) in [6, 6.07) is 35.0. The maximum absolute atomic E-state index is 13.7. The van der Waals surface area contributed by atoms with Gasteiger partial charge in [-0.15, -0.1) is 0 Å². The van der Waals surface area contributed by atoms with Crippen LogP contribution in [0.1, 0.15) is 36.1 Å². The van der Waals surface area contributed by atoms with E-state index in [1.165, 1.54) is 21.0 Å². The minimum Gasteiger partial charge on any atom is -0.467 e. The van der Waals surface area contributed by atoms with Crippen LogP contribution in [0, 0.1) is 0 Å². The highest BCUT2D eigenvalue weighted by Gasteiger charge is 2.57. The van der Waals surface area contributed by atoms with Crippen LogP contribution in [-0.4, -0.2) is 106 Å². The van der Waals surface area contributed by atoms with Crippen LogP contribution < -0.4 is 5.32 Å². The molecule has 63 heavy (non-hydrogen) atoms. The number of carbonyl (C=O) groups excluding carboxylic acids is 3. The fourth-order valence-corrected chi connectivity index (χ4v) is 7.51. The number of nitrogens with one attached hydrogen (secondary N) is 1. The first kappa shape index (κ1) is 47.4. The Morgan fingerprint density at radius 3 is 1.51 bits per heavy atom. The van der Waals surface area contributed by atoms with Gasteiger partial charge in [-0.05, 0) is 22.3 Å². The summed E-state index contributed by atoms with van der Waals surface area (Å²) in [5.41, 5.74) is 2.90. The van der Waals surface area contributed by atoms with Gasteiger partial charge in [0.25, 0.3) is 0 Å². The molecule has 2 heterocycles. The summed E-state index contributed by atoms with van der Waals surface area (Å²) in [5, 5.41) is 2.82. The fraction of sp³-hybridized carbons (Fsp3) is 0.400. The van der Waals surface area contributed by atoms with Crippen LogP contribution in [-0.2, 0) is 98.0 Å². The molecule has 2 aliphatic heterocycles. The maximum Gasteiger partial charge on any atom is 0.397 e. The van der Waals surface area contributed by atoms with Crippen LogP contribution in [0.3, 0.4) is 0 Å². The van der Waals surface area contributed by atoms with E-state index in [1.807, 2.05) is 72.8 Å². The molecule has 0 bridgehead atoms. The van der Waals surface area contributed by atoms with Crippen molar-refractivity contribution in [3.63, 3.8) is 0 Å². The van der Waals surface area contributed by atoms with Crippen molar-refractivity contribution in [2.45, 2.75) is 102 Å². The zero-order valence-electron chi connectivity index (χ0n) is 34.8. The van der Waals surface area contributed by atoms with Crippen molar-refractivity contribution in [2.75, 3.05) is 13.7 Å². The Morgan fingerprint density at radius 2 is 1.06 bits per heavy atom. The Morgan fingerprint density at radius 1 is 0.603 bits per heavy atom. The van der Waals surface area contributed by atoms with Crippen LogP contribution in [0.4, 0.5) is 0 Å². The van der Waals surface area contributed by atoms with E-state index in [2.05, 4.69) is 5.32 Å². The summed E-state index contributed by atoms with van der Waals surface area (Å²) in [5.74, 6) is -2.19. The monoisotopic (exact) mass is 893 g/mol. The summed E-state index contributed by atoms with van der Waals surface area (Å²) < 4.78 is 94.8. The fourth-order valence-electron chi connectivity index (χ4n) is 7.21. The van der Waals surface area contributed by atoms with Crippen molar-refractivity contribution in [2.24, 2.45) is 0 Å². The first-order valence-electron chi connectivity index (χ1n) is 20.1. The number of hydrogen-bond acceptors (Lipinski definition) is 15. The standard InChI is InChI=1S/C45H51NO16S/c1-29(47)46-36-38(37(54-24-31-16-8-4-9-17-31)35(28-58-63(50,51)52)60-44(36)57-27-34-22-14-7-15-23-34)61-45-42(59-30(2)48)40(56-26-33-20-12-6-13-21-33)39(41(62-45)43(49)53-3)55-25-32-18-10-5-11-19-32/h4-23,35-42,44-45H,24-28H2,1-3H3,(H,46,47)(H,50,51,52)/t35-,36-,37-,38-,39+,40+,41+,42-,44-,45-/m1/s1. The molecule has 18 heteroatoms. The highest BCUT2D eigenvalue weighted by atomic mass is 32.3. The molecule has 1 amide bonds. The zero-order chi connectivity index (χ0) is 44.8. The highest BCUT2D eigenvalue weighted by molar-refractivity contribution is 7.80. The second kappa shape index (κ2) is 23.0. The number of benzene rings is 4. The summed E-state index contributed by atoms with van der Waals surface area (Å²) in [4.78, 5) is 39.8. The number of amides is 1. The molecule has 0 spiro atoms. The number of methoxy groups -OCH3 is 1. The molecule has 2 aliphatic rings. The predicted molar refractivity (Wildman–Crippen MR) is 221 cm³/mol. The second-order valence-electron chi connectivity index (χ2n) is 14.7. The Kier molecular flexibility index (Phi) is 17.3. The van der Waals surface area contributed by atoms with Gasteiger partial charge in [-0.2, -0.15) is 8.42 Å². The van der Waals surface area contributed by atoms with E-state index in [-0.39, 0.29) is 26.4 Å². The molecule has 0 aliphatic carbocycles. The van der Waals surface area contributed by atoms with Gasteiger partial charge >= 0.3 is 22.3 Å². The number of carbonyl (C=O) groups is 3. The van der Waals surface area contributed by atoms with Crippen molar-refractivity contribution in [1.82, 2.24) is 5.32 Å². The lowest BCUT2D eigenvalue weighted by Gasteiger charge is -2.49. The largest absolute Gasteiger partial charge is 0.467 e. The molecule has 17 nitrogen and oxygen atoms in total. The van der Waals surface area contributed by atoms with Gasteiger partial charge in [0, 0.05) is 13.8 Å². The van der Waals surface area contributed by atoms with E-state index in [4.69, 9.17) is 46.8 Å². The Hall–Kier alpha value is -5.12. The number of hydrogen-bond donors (Lipinski definition) is 2. The topological polar surface area (TPSA) is 210 Å². The molecule has 6 rings (SSSR count). The summed E-state index contributed by atoms with van der Waals surface area (Å²) in [6.45, 7) is 1.43. The molecule has 4 aromatic carbocycles. The molecular formula is C45H51NO16S. The van der Waals surface area contributed by atoms with Gasteiger partial charge in [-0.25, -0.2) is 8.98 Å². The molecule has 2 saturated heterocycles. The van der Waals surface area contributed by atoms with Gasteiger partial charge in [-0.1, -0.05) is 121 Å². The van der Waals surface area contributed by atoms with Crippen molar-refractivity contribution < 1.29 is 74.2 Å². The molecular weight excluding hydrogens is 843 g/mol. The van der Waals surface area contributed by atoms with E-state index < -0.39 is 96.2 Å². The summed E-state index contributed by atoms with van der Waals surface area (Å²) >= 11 is 0. The Labute approximate surface area is 365 Å². The van der Waals surface area contributed by atoms with E-state index in [1.54, 1.807) is 48.5 Å². The third-order valence-electron chi connectivity index (χ3n) is 10.0. The van der Waals surface area contributed by atoms with Crippen LogP contribution in [0.15, 0.2) is 121 Å². The van der Waals surface area contributed by atoms with Crippen molar-refractivity contribution >= 4 is 28.2 Å². The molecule has 4 aromatic rings. The third kappa shape index (κ3) is 13.9. The van der Waals surface area contributed by atoms with Crippen LogP contribution in [0.25, 0.3) is 0 Å². The molecule has 0 aromatic heterocycles. The lowest BCUT2D eigenvalue weighted by molar-refractivity contribution is -0.352. The average molecular weight is 894 g/mol. The van der Waals surface area contributed by atoms with Crippen LogP contribution in [0.2, 0.25) is 0 Å².